The van der Waals surface area contributed by atoms with Crippen molar-refractivity contribution in [2.45, 2.75) is 5.79 Å². The first-order valence-corrected chi connectivity index (χ1v) is 11.8. The normalized spacial score (nSPS) is 16.3. The number of hydrogen-bond acceptors (Lipinski definition) is 5. The van der Waals surface area contributed by atoms with Crippen LogP contribution in [-0.4, -0.2) is 37.1 Å². The molecule has 0 aliphatic carbocycles. The summed E-state index contributed by atoms with van der Waals surface area (Å²) in [6.45, 7) is 1.46. The largest absolute Gasteiger partial charge is 0.449 e. The number of nitriles is 1. The van der Waals surface area contributed by atoms with Crippen molar-refractivity contribution < 1.29 is 23.4 Å². The molecule has 176 valence electrons. The maximum absolute atomic E-state index is 15.6. The minimum absolute atomic E-state index is 0.125. The Morgan fingerprint density at radius 1 is 0.971 bits per heavy atom. The molecule has 0 N–H and O–H groups in total. The molecule has 3 aromatic carbocycles. The highest BCUT2D eigenvalue weighted by Gasteiger charge is 2.47. The molecule has 0 aromatic heterocycles. The summed E-state index contributed by atoms with van der Waals surface area (Å²) in [7, 11) is 0. The van der Waals surface area contributed by atoms with Crippen molar-refractivity contribution in [1.29, 1.82) is 5.26 Å². The van der Waals surface area contributed by atoms with E-state index in [2.05, 4.69) is 22.0 Å². The van der Waals surface area contributed by atoms with E-state index in [4.69, 9.17) is 14.2 Å². The minimum atomic E-state index is -1.63. The van der Waals surface area contributed by atoms with Crippen LogP contribution in [0, 0.1) is 17.1 Å². The molecule has 2 aliphatic rings. The van der Waals surface area contributed by atoms with E-state index in [0.29, 0.717) is 43.0 Å². The Morgan fingerprint density at radius 2 is 1.63 bits per heavy atom. The molecule has 8 heteroatoms. The average molecular weight is 535 g/mol. The van der Waals surface area contributed by atoms with Crippen molar-refractivity contribution in [2.24, 2.45) is 0 Å². The first-order valence-electron chi connectivity index (χ1n) is 11.0. The van der Waals surface area contributed by atoms with E-state index in [1.807, 2.05) is 24.3 Å². The molecule has 5 rings (SSSR count). The van der Waals surface area contributed by atoms with Gasteiger partial charge in [0.1, 0.15) is 18.3 Å². The van der Waals surface area contributed by atoms with Gasteiger partial charge in [0.15, 0.2) is 0 Å². The number of carbonyl (C=O) groups is 1. The predicted octanol–water partition coefficient (Wildman–Crippen LogP) is 5.32. The van der Waals surface area contributed by atoms with Gasteiger partial charge in [0.25, 0.3) is 5.91 Å². The van der Waals surface area contributed by atoms with Crippen LogP contribution < -0.4 is 0 Å². The van der Waals surface area contributed by atoms with Crippen molar-refractivity contribution in [2.75, 3.05) is 26.3 Å². The highest BCUT2D eigenvalue weighted by Crippen LogP contribution is 2.46. The number of rotatable bonds is 4. The predicted molar refractivity (Wildman–Crippen MR) is 130 cm³/mol. The van der Waals surface area contributed by atoms with Gasteiger partial charge in [0.05, 0.1) is 36.0 Å². The van der Waals surface area contributed by atoms with Gasteiger partial charge in [-0.2, -0.15) is 5.26 Å². The number of amides is 1. The van der Waals surface area contributed by atoms with Crippen LogP contribution in [0.25, 0.3) is 11.1 Å². The molecule has 0 saturated carbocycles. The van der Waals surface area contributed by atoms with Crippen LogP contribution in [0.3, 0.4) is 0 Å². The number of ether oxygens (including phenoxy) is 3. The molecule has 2 heterocycles. The highest BCUT2D eigenvalue weighted by molar-refractivity contribution is 9.10. The second kappa shape index (κ2) is 9.53. The van der Waals surface area contributed by atoms with Crippen LogP contribution in [0.1, 0.15) is 27.0 Å². The van der Waals surface area contributed by atoms with Crippen LogP contribution in [-0.2, 0) is 20.0 Å². The van der Waals surface area contributed by atoms with Crippen molar-refractivity contribution >= 4 is 21.8 Å². The van der Waals surface area contributed by atoms with Crippen LogP contribution >= 0.6 is 15.9 Å². The van der Waals surface area contributed by atoms with Gasteiger partial charge in [-0.25, -0.2) is 4.39 Å². The SMILES string of the molecule is N#Cc1ccc(C2(c3c(-c4ccc(Br)cc4)ccc(F)c3C(=O)N3CCOCC3)OC=CO2)cc1. The molecular weight excluding hydrogens is 515 g/mol. The first-order chi connectivity index (χ1) is 17.0. The number of hydrogen-bond donors (Lipinski definition) is 0. The molecule has 3 aromatic rings. The van der Waals surface area contributed by atoms with Crippen LogP contribution in [0.2, 0.25) is 0 Å². The van der Waals surface area contributed by atoms with Gasteiger partial charge < -0.3 is 19.1 Å². The molecule has 1 amide bonds. The van der Waals surface area contributed by atoms with Gasteiger partial charge in [-0.05, 0) is 53.6 Å². The lowest BCUT2D eigenvalue weighted by molar-refractivity contribution is -0.113. The van der Waals surface area contributed by atoms with E-state index in [9.17, 15) is 10.1 Å². The zero-order chi connectivity index (χ0) is 24.4. The zero-order valence-electron chi connectivity index (χ0n) is 18.5. The third kappa shape index (κ3) is 4.18. The summed E-state index contributed by atoms with van der Waals surface area (Å²) in [6.07, 6.45) is 2.74. The van der Waals surface area contributed by atoms with Crippen LogP contribution in [0.4, 0.5) is 4.39 Å². The molecule has 0 bridgehead atoms. The van der Waals surface area contributed by atoms with E-state index in [1.54, 1.807) is 35.2 Å². The zero-order valence-corrected chi connectivity index (χ0v) is 20.1. The lowest BCUT2D eigenvalue weighted by atomic mass is 9.85. The molecule has 6 nitrogen and oxygen atoms in total. The first kappa shape index (κ1) is 23.1. The van der Waals surface area contributed by atoms with Gasteiger partial charge in [-0.15, -0.1) is 0 Å². The lowest BCUT2D eigenvalue weighted by Crippen LogP contribution is -2.43. The molecule has 1 fully saturated rings. The number of benzene rings is 3. The van der Waals surface area contributed by atoms with Crippen LogP contribution in [0.15, 0.2) is 77.7 Å². The number of carbonyl (C=O) groups excluding carboxylic acids is 1. The Labute approximate surface area is 210 Å². The Kier molecular flexibility index (Phi) is 6.29. The molecular formula is C27H20BrFN2O4. The molecule has 0 unspecified atom stereocenters. The minimum Gasteiger partial charge on any atom is -0.449 e. The standard InChI is InChI=1S/C27H20BrFN2O4/c28-21-7-3-19(4-8-21)22-9-10-23(29)24(26(32)31-11-13-33-14-12-31)25(22)27(34-15-16-35-27)20-5-1-18(17-30)2-6-20/h1-10,15-16H,11-14H2. The van der Waals surface area contributed by atoms with Gasteiger partial charge >= 0.3 is 5.79 Å². The Morgan fingerprint density at radius 3 is 2.26 bits per heavy atom. The number of morpholine rings is 1. The Balaban J connectivity index is 1.78. The summed E-state index contributed by atoms with van der Waals surface area (Å²) >= 11 is 3.45. The summed E-state index contributed by atoms with van der Waals surface area (Å²) in [5, 5.41) is 9.25. The molecule has 0 spiro atoms. The van der Waals surface area contributed by atoms with E-state index in [-0.39, 0.29) is 11.1 Å². The number of halogens is 2. The fourth-order valence-electron chi connectivity index (χ4n) is 4.36. The third-order valence-corrected chi connectivity index (χ3v) is 6.60. The van der Waals surface area contributed by atoms with E-state index in [1.165, 1.54) is 18.6 Å². The summed E-state index contributed by atoms with van der Waals surface area (Å²) < 4.78 is 34.0. The second-order valence-electron chi connectivity index (χ2n) is 8.07. The van der Waals surface area contributed by atoms with Crippen molar-refractivity contribution in [3.63, 3.8) is 0 Å². The third-order valence-electron chi connectivity index (χ3n) is 6.07. The smallest absolute Gasteiger partial charge is 0.305 e. The Hall–Kier alpha value is -3.67. The van der Waals surface area contributed by atoms with Gasteiger partial charge in [-0.3, -0.25) is 4.79 Å². The topological polar surface area (TPSA) is 71.8 Å². The maximum Gasteiger partial charge on any atom is 0.305 e. The average Bonchev–Trinajstić information content (AvgIpc) is 3.40. The maximum atomic E-state index is 15.6. The quantitative estimate of drug-likeness (QED) is 0.453. The fourth-order valence-corrected chi connectivity index (χ4v) is 4.62. The van der Waals surface area contributed by atoms with Crippen molar-refractivity contribution in [3.05, 3.63) is 106 Å². The molecule has 35 heavy (non-hydrogen) atoms. The molecule has 0 radical (unpaired) electrons. The van der Waals surface area contributed by atoms with Crippen molar-refractivity contribution in [3.8, 4) is 17.2 Å². The highest BCUT2D eigenvalue weighted by atomic mass is 79.9. The Bertz CT molecular complexity index is 1320. The summed E-state index contributed by atoms with van der Waals surface area (Å²) in [5.74, 6) is -2.77. The molecule has 1 saturated heterocycles. The van der Waals surface area contributed by atoms with Gasteiger partial charge in [-0.1, -0.05) is 34.1 Å². The lowest BCUT2D eigenvalue weighted by Gasteiger charge is -2.34. The van der Waals surface area contributed by atoms with E-state index in [0.717, 1.165) is 10.0 Å². The van der Waals surface area contributed by atoms with E-state index < -0.39 is 17.5 Å². The fraction of sp³-hybridized carbons (Fsp3) is 0.185. The van der Waals surface area contributed by atoms with Crippen LogP contribution in [0.5, 0.6) is 0 Å². The molecule has 0 atom stereocenters. The second-order valence-corrected chi connectivity index (χ2v) is 8.99. The number of nitrogens with zero attached hydrogens (tertiary/aromatic N) is 2. The van der Waals surface area contributed by atoms with Crippen molar-refractivity contribution in [1.82, 2.24) is 4.90 Å². The van der Waals surface area contributed by atoms with Gasteiger partial charge in [0.2, 0.25) is 0 Å². The van der Waals surface area contributed by atoms with E-state index >= 15 is 4.39 Å². The molecule has 2 aliphatic heterocycles. The summed E-state index contributed by atoms with van der Waals surface area (Å²) in [6, 6.07) is 19.1. The van der Waals surface area contributed by atoms with Gasteiger partial charge in [0, 0.05) is 23.1 Å². The monoisotopic (exact) mass is 534 g/mol. The summed E-state index contributed by atoms with van der Waals surface area (Å²) in [5.41, 5.74) is 2.44. The summed E-state index contributed by atoms with van der Waals surface area (Å²) in [4.78, 5) is 15.3.